The molecule has 1 aromatic rings. The molecule has 0 saturated carbocycles. The second kappa shape index (κ2) is 6.09. The second-order valence-corrected chi connectivity index (χ2v) is 3.74. The normalized spacial score (nSPS) is 11.6. The van der Waals surface area contributed by atoms with Crippen molar-refractivity contribution >= 4 is 11.9 Å². The lowest BCUT2D eigenvalue weighted by Gasteiger charge is -2.11. The molecule has 0 aliphatic heterocycles. The Morgan fingerprint density at radius 3 is 2.53 bits per heavy atom. The van der Waals surface area contributed by atoms with E-state index in [2.05, 4.69) is 6.58 Å². The smallest absolute Gasteiger partial charge is 0.258 e. The topological polar surface area (TPSA) is 17.1 Å². The number of hydrogen-bond acceptors (Lipinski definition) is 1. The summed E-state index contributed by atoms with van der Waals surface area (Å²) in [4.78, 5) is 11.3. The summed E-state index contributed by atoms with van der Waals surface area (Å²) in [5, 5.41) is 0. The van der Waals surface area contributed by atoms with Gasteiger partial charge in [0.05, 0.1) is 6.42 Å². The predicted octanol–water partition coefficient (Wildman–Crippen LogP) is 3.87. The van der Waals surface area contributed by atoms with Crippen molar-refractivity contribution in [1.82, 2.24) is 0 Å². The molecule has 3 heteroatoms. The van der Waals surface area contributed by atoms with Gasteiger partial charge >= 0.3 is 0 Å². The predicted molar refractivity (Wildman–Crippen MR) is 64.9 cm³/mol. The van der Waals surface area contributed by atoms with Gasteiger partial charge in [0.25, 0.3) is 5.92 Å². The van der Waals surface area contributed by atoms with Crippen LogP contribution in [0.4, 0.5) is 8.78 Å². The molecule has 17 heavy (non-hydrogen) atoms. The number of rotatable bonds is 6. The van der Waals surface area contributed by atoms with Crippen LogP contribution in [0, 0.1) is 0 Å². The zero-order valence-electron chi connectivity index (χ0n) is 9.40. The van der Waals surface area contributed by atoms with E-state index >= 15 is 0 Å². The van der Waals surface area contributed by atoms with Gasteiger partial charge in [0, 0.05) is 6.42 Å². The molecule has 0 atom stereocenters. The number of carbonyl (C=O) groups excluding carboxylic acids is 1. The molecule has 0 radical (unpaired) electrons. The van der Waals surface area contributed by atoms with E-state index in [1.54, 1.807) is 12.1 Å². The lowest BCUT2D eigenvalue weighted by molar-refractivity contribution is -0.121. The first-order valence-corrected chi connectivity index (χ1v) is 5.28. The van der Waals surface area contributed by atoms with Crippen molar-refractivity contribution in [2.45, 2.75) is 18.8 Å². The summed E-state index contributed by atoms with van der Waals surface area (Å²) in [5.41, 5.74) is 0.813. The number of alkyl halides is 2. The first kappa shape index (κ1) is 13.3. The third-order valence-corrected chi connectivity index (χ3v) is 2.14. The highest BCUT2D eigenvalue weighted by Gasteiger charge is 2.29. The van der Waals surface area contributed by atoms with E-state index in [1.807, 2.05) is 18.2 Å². The number of halogens is 2. The SMILES string of the molecule is C=CCC(F)(F)CC(=O)/C=C/c1ccccc1. The summed E-state index contributed by atoms with van der Waals surface area (Å²) >= 11 is 0. The zero-order chi connectivity index (χ0) is 12.7. The molecule has 0 spiro atoms. The molecule has 0 unspecified atom stereocenters. The minimum absolute atomic E-state index is 0.474. The van der Waals surface area contributed by atoms with Crippen LogP contribution >= 0.6 is 0 Å². The largest absolute Gasteiger partial charge is 0.295 e. The van der Waals surface area contributed by atoms with Crippen LogP contribution in [0.25, 0.3) is 6.08 Å². The van der Waals surface area contributed by atoms with Crippen LogP contribution in [0.1, 0.15) is 18.4 Å². The summed E-state index contributed by atoms with van der Waals surface area (Å²) in [6.07, 6.45) is 2.59. The van der Waals surface area contributed by atoms with E-state index in [-0.39, 0.29) is 0 Å². The van der Waals surface area contributed by atoms with Crippen LogP contribution in [0.5, 0.6) is 0 Å². The minimum Gasteiger partial charge on any atom is -0.295 e. The molecular weight excluding hydrogens is 222 g/mol. The summed E-state index contributed by atoms with van der Waals surface area (Å²) in [6.45, 7) is 3.24. The lowest BCUT2D eigenvalue weighted by Crippen LogP contribution is -2.18. The first-order valence-electron chi connectivity index (χ1n) is 5.28. The van der Waals surface area contributed by atoms with Gasteiger partial charge in [-0.25, -0.2) is 8.78 Å². The summed E-state index contributed by atoms with van der Waals surface area (Å²) < 4.78 is 26.1. The molecule has 0 heterocycles. The Morgan fingerprint density at radius 2 is 1.94 bits per heavy atom. The maximum Gasteiger partial charge on any atom is 0.258 e. The molecule has 0 aliphatic rings. The van der Waals surface area contributed by atoms with E-state index < -0.39 is 24.5 Å². The zero-order valence-corrected chi connectivity index (χ0v) is 9.40. The van der Waals surface area contributed by atoms with Gasteiger partial charge in [0.15, 0.2) is 5.78 Å². The van der Waals surface area contributed by atoms with E-state index in [4.69, 9.17) is 0 Å². The van der Waals surface area contributed by atoms with Crippen molar-refractivity contribution in [1.29, 1.82) is 0 Å². The van der Waals surface area contributed by atoms with Gasteiger partial charge in [0.2, 0.25) is 0 Å². The third-order valence-electron chi connectivity index (χ3n) is 2.14. The monoisotopic (exact) mass is 236 g/mol. The van der Waals surface area contributed by atoms with Gasteiger partial charge in [-0.15, -0.1) is 6.58 Å². The number of hydrogen-bond donors (Lipinski definition) is 0. The molecule has 0 fully saturated rings. The Bertz CT molecular complexity index is 407. The molecule has 0 bridgehead atoms. The number of carbonyl (C=O) groups is 1. The number of ketones is 1. The van der Waals surface area contributed by atoms with Crippen molar-refractivity contribution in [3.63, 3.8) is 0 Å². The van der Waals surface area contributed by atoms with Gasteiger partial charge in [0.1, 0.15) is 0 Å². The van der Waals surface area contributed by atoms with Crippen LogP contribution in [0.15, 0.2) is 49.1 Å². The summed E-state index contributed by atoms with van der Waals surface area (Å²) in [7, 11) is 0. The Morgan fingerprint density at radius 1 is 1.29 bits per heavy atom. The van der Waals surface area contributed by atoms with Gasteiger partial charge < -0.3 is 0 Å². The molecule has 1 rings (SSSR count). The Hall–Kier alpha value is -1.77. The van der Waals surface area contributed by atoms with Crippen LogP contribution in [-0.2, 0) is 4.79 Å². The molecule has 1 nitrogen and oxygen atoms in total. The van der Waals surface area contributed by atoms with E-state index in [9.17, 15) is 13.6 Å². The van der Waals surface area contributed by atoms with Crippen molar-refractivity contribution in [2.75, 3.05) is 0 Å². The molecule has 0 N–H and O–H groups in total. The molecule has 0 amide bonds. The lowest BCUT2D eigenvalue weighted by atomic mass is 10.1. The minimum atomic E-state index is -3.00. The van der Waals surface area contributed by atoms with Gasteiger partial charge in [-0.1, -0.05) is 42.5 Å². The third kappa shape index (κ3) is 5.20. The Kier molecular flexibility index (Phi) is 4.76. The van der Waals surface area contributed by atoms with Crippen molar-refractivity contribution in [3.05, 3.63) is 54.6 Å². The van der Waals surface area contributed by atoms with E-state index in [0.717, 1.165) is 11.6 Å². The van der Waals surface area contributed by atoms with Crippen LogP contribution < -0.4 is 0 Å². The van der Waals surface area contributed by atoms with Gasteiger partial charge in [-0.3, -0.25) is 4.79 Å². The van der Waals surface area contributed by atoms with Crippen LogP contribution in [-0.4, -0.2) is 11.7 Å². The number of benzene rings is 1. The molecule has 0 aliphatic carbocycles. The molecule has 0 aromatic heterocycles. The van der Waals surface area contributed by atoms with Crippen molar-refractivity contribution in [2.24, 2.45) is 0 Å². The van der Waals surface area contributed by atoms with Gasteiger partial charge in [-0.2, -0.15) is 0 Å². The molecule has 1 aromatic carbocycles. The Balaban J connectivity index is 2.56. The van der Waals surface area contributed by atoms with Crippen molar-refractivity contribution in [3.8, 4) is 0 Å². The highest BCUT2D eigenvalue weighted by atomic mass is 19.3. The second-order valence-electron chi connectivity index (χ2n) is 3.74. The fraction of sp³-hybridized carbons (Fsp3) is 0.214. The quantitative estimate of drug-likeness (QED) is 0.541. The highest BCUT2D eigenvalue weighted by Crippen LogP contribution is 2.23. The molecular formula is C14H14F2O. The van der Waals surface area contributed by atoms with Gasteiger partial charge in [-0.05, 0) is 11.6 Å². The fourth-order valence-electron chi connectivity index (χ4n) is 1.35. The average Bonchev–Trinajstić information content (AvgIpc) is 2.27. The maximum atomic E-state index is 13.1. The highest BCUT2D eigenvalue weighted by molar-refractivity contribution is 5.94. The van der Waals surface area contributed by atoms with Crippen molar-refractivity contribution < 1.29 is 13.6 Å². The van der Waals surface area contributed by atoms with E-state index in [0.29, 0.717) is 0 Å². The maximum absolute atomic E-state index is 13.1. The van der Waals surface area contributed by atoms with Crippen LogP contribution in [0.3, 0.4) is 0 Å². The summed E-state index contributed by atoms with van der Waals surface area (Å²) in [5.74, 6) is -3.58. The average molecular weight is 236 g/mol. The van der Waals surface area contributed by atoms with E-state index in [1.165, 1.54) is 12.2 Å². The molecule has 90 valence electrons. The first-order chi connectivity index (χ1) is 8.03. The Labute approximate surface area is 99.5 Å². The molecule has 0 saturated heterocycles. The van der Waals surface area contributed by atoms with Crippen LogP contribution in [0.2, 0.25) is 0 Å². The standard InChI is InChI=1S/C14H14F2O/c1-2-10-14(15,16)11-13(17)9-8-12-6-4-3-5-7-12/h2-9H,1,10-11H2/b9-8+. The fourth-order valence-corrected chi connectivity index (χ4v) is 1.35. The summed E-state index contributed by atoms with van der Waals surface area (Å²) in [6, 6.07) is 9.07. The number of allylic oxidation sites excluding steroid dienone is 2.